The number of nitrogens with zero attached hydrogens (tertiary/aromatic N) is 4. The van der Waals surface area contributed by atoms with Crippen LogP contribution in [0.3, 0.4) is 0 Å². The van der Waals surface area contributed by atoms with Crippen LogP contribution in [0.2, 0.25) is 0 Å². The van der Waals surface area contributed by atoms with Gasteiger partial charge in [-0.3, -0.25) is 9.36 Å². The molecule has 0 unspecified atom stereocenters. The maximum atomic E-state index is 13.6. The van der Waals surface area contributed by atoms with Gasteiger partial charge in [0, 0.05) is 24.3 Å². The van der Waals surface area contributed by atoms with Crippen molar-refractivity contribution in [3.05, 3.63) is 83.4 Å². The number of alkyl halides is 3. The summed E-state index contributed by atoms with van der Waals surface area (Å²) in [6.07, 6.45) is -4.60. The second kappa shape index (κ2) is 12.7. The summed E-state index contributed by atoms with van der Waals surface area (Å²) in [5, 5.41) is 11.5. The van der Waals surface area contributed by atoms with Crippen molar-refractivity contribution in [2.24, 2.45) is 0 Å². The molecule has 0 aliphatic heterocycles. The van der Waals surface area contributed by atoms with Crippen LogP contribution >= 0.6 is 11.8 Å². The number of hydrogen-bond acceptors (Lipinski definition) is 6. The van der Waals surface area contributed by atoms with Crippen LogP contribution in [0.5, 0.6) is 0 Å². The molecule has 1 heterocycles. The summed E-state index contributed by atoms with van der Waals surface area (Å²) in [5.74, 6) is -0.297. The first-order chi connectivity index (χ1) is 19.9. The van der Waals surface area contributed by atoms with Gasteiger partial charge in [0.15, 0.2) is 11.0 Å². The number of halogens is 3. The molecule has 13 heteroatoms. The molecular formula is C29H30F3N5O3S2. The van der Waals surface area contributed by atoms with E-state index in [4.69, 9.17) is 0 Å². The molecule has 0 spiro atoms. The third-order valence-corrected chi connectivity index (χ3v) is 9.55. The number of para-hydroxylation sites is 1. The number of amides is 1. The fourth-order valence-electron chi connectivity index (χ4n) is 4.43. The van der Waals surface area contributed by atoms with Crippen molar-refractivity contribution < 1.29 is 26.4 Å². The Balaban J connectivity index is 1.75. The van der Waals surface area contributed by atoms with E-state index in [1.54, 1.807) is 26.0 Å². The van der Waals surface area contributed by atoms with Crippen molar-refractivity contribution >= 4 is 33.4 Å². The highest BCUT2D eigenvalue weighted by molar-refractivity contribution is 7.99. The van der Waals surface area contributed by atoms with Crippen molar-refractivity contribution in [1.29, 1.82) is 0 Å². The Hall–Kier alpha value is -3.68. The fraction of sp³-hybridized carbons (Fsp3) is 0.276. The average molecular weight is 618 g/mol. The van der Waals surface area contributed by atoms with Crippen LogP contribution in [0.25, 0.3) is 17.1 Å². The quantitative estimate of drug-likeness (QED) is 0.209. The van der Waals surface area contributed by atoms with Crippen LogP contribution in [0.15, 0.2) is 76.8 Å². The highest BCUT2D eigenvalue weighted by atomic mass is 32.2. The molecule has 4 aromatic rings. The Morgan fingerprint density at radius 3 is 2.24 bits per heavy atom. The third-order valence-electron chi connectivity index (χ3n) is 6.58. The number of sulfonamides is 1. The summed E-state index contributed by atoms with van der Waals surface area (Å²) in [6.45, 7) is 7.76. The van der Waals surface area contributed by atoms with Gasteiger partial charge in [-0.25, -0.2) is 8.42 Å². The lowest BCUT2D eigenvalue weighted by Crippen LogP contribution is -2.30. The second-order valence-corrected chi connectivity index (χ2v) is 12.3. The standard InChI is InChI=1S/C29H30F3N5O3S2/c1-5-36(6-2)42(39,40)24-15-8-12-21(16-24)27-34-35-28(37(27)23-14-9-13-22(17-23)29(30,31)32)41-18-25(38)33-26-19(3)10-7-11-20(26)4/h7-17H,5-6,18H2,1-4H3,(H,33,38). The van der Waals surface area contributed by atoms with Crippen LogP contribution in [0.1, 0.15) is 30.5 Å². The van der Waals surface area contributed by atoms with E-state index in [0.717, 1.165) is 35.0 Å². The normalized spacial score (nSPS) is 12.1. The monoisotopic (exact) mass is 617 g/mol. The molecule has 8 nitrogen and oxygen atoms in total. The van der Waals surface area contributed by atoms with E-state index in [1.165, 1.54) is 33.1 Å². The minimum atomic E-state index is -4.60. The molecule has 0 fully saturated rings. The van der Waals surface area contributed by atoms with Crippen molar-refractivity contribution in [1.82, 2.24) is 19.1 Å². The predicted octanol–water partition coefficient (Wildman–Crippen LogP) is 6.33. The van der Waals surface area contributed by atoms with Crippen LogP contribution in [0, 0.1) is 13.8 Å². The first-order valence-corrected chi connectivity index (χ1v) is 15.5. The summed E-state index contributed by atoms with van der Waals surface area (Å²) in [5.41, 5.74) is 2.04. The van der Waals surface area contributed by atoms with Gasteiger partial charge in [-0.1, -0.05) is 62.0 Å². The minimum absolute atomic E-state index is 0.0180. The summed E-state index contributed by atoms with van der Waals surface area (Å²) in [7, 11) is -3.82. The molecule has 1 aromatic heterocycles. The molecule has 0 bridgehead atoms. The summed E-state index contributed by atoms with van der Waals surface area (Å²) >= 11 is 1.00. The maximum Gasteiger partial charge on any atom is 0.416 e. The van der Waals surface area contributed by atoms with Crippen LogP contribution < -0.4 is 5.32 Å². The van der Waals surface area contributed by atoms with Gasteiger partial charge in [-0.2, -0.15) is 17.5 Å². The largest absolute Gasteiger partial charge is 0.416 e. The summed E-state index contributed by atoms with van der Waals surface area (Å²) < 4.78 is 69.9. The third kappa shape index (κ3) is 6.69. The van der Waals surface area contributed by atoms with Crippen LogP contribution in [-0.4, -0.2) is 52.2 Å². The van der Waals surface area contributed by atoms with Gasteiger partial charge in [0.1, 0.15) is 0 Å². The van der Waals surface area contributed by atoms with E-state index >= 15 is 0 Å². The SMILES string of the molecule is CCN(CC)S(=O)(=O)c1cccc(-c2nnc(SCC(=O)Nc3c(C)cccc3C)n2-c2cccc(C(F)(F)F)c2)c1. The minimum Gasteiger partial charge on any atom is -0.325 e. The molecule has 1 N–H and O–H groups in total. The maximum absolute atomic E-state index is 13.6. The van der Waals surface area contributed by atoms with Crippen LogP contribution in [-0.2, 0) is 21.0 Å². The first kappa shape index (κ1) is 31.3. The molecule has 0 atom stereocenters. The number of benzene rings is 3. The van der Waals surface area contributed by atoms with Gasteiger partial charge >= 0.3 is 6.18 Å². The Labute approximate surface area is 247 Å². The van der Waals surface area contributed by atoms with E-state index in [2.05, 4.69) is 15.5 Å². The molecule has 0 saturated carbocycles. The van der Waals surface area contributed by atoms with Crippen molar-refractivity contribution in [2.45, 2.75) is 43.9 Å². The van der Waals surface area contributed by atoms with Gasteiger partial charge in [-0.05, 0) is 55.3 Å². The number of carbonyl (C=O) groups excluding carboxylic acids is 1. The second-order valence-electron chi connectivity index (χ2n) is 9.41. The van der Waals surface area contributed by atoms with Gasteiger partial charge in [-0.15, -0.1) is 10.2 Å². The number of aromatic nitrogens is 3. The van der Waals surface area contributed by atoms with Gasteiger partial charge in [0.2, 0.25) is 15.9 Å². The van der Waals surface area contributed by atoms with Gasteiger partial charge in [0.25, 0.3) is 0 Å². The van der Waals surface area contributed by atoms with E-state index in [0.29, 0.717) is 11.3 Å². The average Bonchev–Trinajstić information content (AvgIpc) is 3.38. The number of hydrogen-bond donors (Lipinski definition) is 1. The van der Waals surface area contributed by atoms with Crippen molar-refractivity contribution in [3.63, 3.8) is 0 Å². The lowest BCUT2D eigenvalue weighted by Gasteiger charge is -2.19. The molecule has 0 radical (unpaired) electrons. The number of anilines is 1. The van der Waals surface area contributed by atoms with E-state index in [1.807, 2.05) is 32.0 Å². The number of rotatable bonds is 10. The zero-order valence-corrected chi connectivity index (χ0v) is 25.1. The number of aryl methyl sites for hydroxylation is 2. The van der Waals surface area contributed by atoms with Crippen molar-refractivity contribution in [3.8, 4) is 17.1 Å². The molecule has 222 valence electrons. The molecule has 4 rings (SSSR count). The predicted molar refractivity (Wildman–Crippen MR) is 157 cm³/mol. The molecule has 0 saturated heterocycles. The Kier molecular flexibility index (Phi) is 9.43. The highest BCUT2D eigenvalue weighted by Crippen LogP contribution is 2.34. The molecule has 0 aliphatic rings. The smallest absolute Gasteiger partial charge is 0.325 e. The van der Waals surface area contributed by atoms with Crippen LogP contribution in [0.4, 0.5) is 18.9 Å². The Morgan fingerprint density at radius 2 is 1.60 bits per heavy atom. The van der Waals surface area contributed by atoms with E-state index < -0.39 is 21.8 Å². The van der Waals surface area contributed by atoms with Gasteiger partial charge in [0.05, 0.1) is 21.9 Å². The lowest BCUT2D eigenvalue weighted by atomic mass is 10.1. The first-order valence-electron chi connectivity index (χ1n) is 13.1. The molecule has 0 aliphatic carbocycles. The van der Waals surface area contributed by atoms with Crippen molar-refractivity contribution in [2.75, 3.05) is 24.2 Å². The summed E-state index contributed by atoms with van der Waals surface area (Å²) in [4.78, 5) is 12.9. The molecule has 3 aromatic carbocycles. The van der Waals surface area contributed by atoms with Gasteiger partial charge < -0.3 is 5.32 Å². The summed E-state index contributed by atoms with van der Waals surface area (Å²) in [6, 6.07) is 16.3. The van der Waals surface area contributed by atoms with E-state index in [9.17, 15) is 26.4 Å². The molecule has 42 heavy (non-hydrogen) atoms. The fourth-order valence-corrected chi connectivity index (χ4v) is 6.69. The van der Waals surface area contributed by atoms with E-state index in [-0.39, 0.29) is 46.3 Å². The Morgan fingerprint density at radius 1 is 0.952 bits per heavy atom. The number of carbonyl (C=O) groups is 1. The lowest BCUT2D eigenvalue weighted by molar-refractivity contribution is -0.137. The highest BCUT2D eigenvalue weighted by Gasteiger charge is 2.31. The Bertz CT molecular complexity index is 1680. The zero-order valence-electron chi connectivity index (χ0n) is 23.4. The zero-order chi connectivity index (χ0) is 30.7. The number of thioether (sulfide) groups is 1. The molecular weight excluding hydrogens is 587 g/mol. The molecule has 1 amide bonds. The topological polar surface area (TPSA) is 97.2 Å². The number of nitrogens with one attached hydrogen (secondary N) is 1.